The molecule has 204 valence electrons. The van der Waals surface area contributed by atoms with Gasteiger partial charge >= 0.3 is 0 Å². The number of anilines is 1. The van der Waals surface area contributed by atoms with Gasteiger partial charge in [-0.05, 0) is 36.4 Å². The number of hydrogen-bond acceptors (Lipinski definition) is 7. The maximum atomic E-state index is 14.5. The monoisotopic (exact) mass is 557 g/mol. The number of fused-ring (bicyclic) bond motifs is 2. The van der Waals surface area contributed by atoms with Crippen LogP contribution in [-0.2, 0) is 9.47 Å². The van der Waals surface area contributed by atoms with E-state index >= 15 is 0 Å². The van der Waals surface area contributed by atoms with Crippen LogP contribution in [0.2, 0.25) is 0 Å². The van der Waals surface area contributed by atoms with Crippen LogP contribution in [0.25, 0.3) is 22.3 Å². The van der Waals surface area contributed by atoms with Gasteiger partial charge < -0.3 is 30.0 Å². The van der Waals surface area contributed by atoms with Crippen LogP contribution in [-0.4, -0.2) is 52.7 Å². The van der Waals surface area contributed by atoms with Crippen LogP contribution in [0.3, 0.4) is 0 Å². The van der Waals surface area contributed by atoms with E-state index in [1.54, 1.807) is 42.1 Å². The summed E-state index contributed by atoms with van der Waals surface area (Å²) in [5, 5.41) is 9.81. The van der Waals surface area contributed by atoms with Crippen LogP contribution >= 0.6 is 11.8 Å². The van der Waals surface area contributed by atoms with Gasteiger partial charge in [0.2, 0.25) is 0 Å². The van der Waals surface area contributed by atoms with Crippen LogP contribution in [0.1, 0.15) is 0 Å². The normalized spacial score (nSPS) is 21.6. The van der Waals surface area contributed by atoms with Crippen molar-refractivity contribution in [1.82, 2.24) is 9.97 Å². The third-order valence-electron chi connectivity index (χ3n) is 6.70. The predicted octanol–water partition coefficient (Wildman–Crippen LogP) is 5.69. The molecule has 0 spiro atoms. The molecule has 3 unspecified atom stereocenters. The largest absolute Gasteiger partial charge is 0.470 e. The Balaban J connectivity index is 0.000000187. The summed E-state index contributed by atoms with van der Waals surface area (Å²) < 4.78 is 31.6. The molecule has 2 fully saturated rings. The minimum absolute atomic E-state index is 0.236. The van der Waals surface area contributed by atoms with Crippen molar-refractivity contribution in [2.45, 2.75) is 34.2 Å². The lowest BCUT2D eigenvalue weighted by Gasteiger charge is -2.16. The number of nitrogens with two attached hydrogens (primary N) is 1. The zero-order chi connectivity index (χ0) is 27.5. The highest BCUT2D eigenvalue weighted by atomic mass is 32.2. The molecule has 2 saturated heterocycles. The molecule has 4 atom stereocenters. The standard InChI is InChI=1S/C19H18FN3O4.C12H10S/c20-11-5-12-13(23-17(11)9-1-3-10(21)4-2-9)6-16(22-12)27-15-8-26-18-14(24)7-25-19(15)18;1-3-7-11(8-4-1)13-12-9-5-2-6-10-12/h1-6,14-15,18-19,22,24H,7-8,21H2;1-10H/t14?,15?,18?,19-;/m1./s1. The molecular formula is C31H28FN3O4S. The van der Waals surface area contributed by atoms with Crippen molar-refractivity contribution in [3.63, 3.8) is 0 Å². The number of ether oxygens (including phenoxy) is 3. The number of aromatic amines is 1. The second-order valence-corrected chi connectivity index (χ2v) is 10.7. The van der Waals surface area contributed by atoms with Crippen LogP contribution in [0.4, 0.5) is 10.1 Å². The number of nitrogen functional groups attached to an aromatic ring is 1. The van der Waals surface area contributed by atoms with Crippen LogP contribution in [0.15, 0.2) is 107 Å². The van der Waals surface area contributed by atoms with Crippen molar-refractivity contribution >= 4 is 28.5 Å². The summed E-state index contributed by atoms with van der Waals surface area (Å²) in [4.78, 5) is 10.0. The Morgan fingerprint density at radius 1 is 0.875 bits per heavy atom. The van der Waals surface area contributed by atoms with E-state index in [0.717, 1.165) is 0 Å². The number of nitrogens with zero attached hydrogens (tertiary/aromatic N) is 1. The summed E-state index contributed by atoms with van der Waals surface area (Å²) >= 11 is 1.79. The van der Waals surface area contributed by atoms with Gasteiger partial charge in [-0.3, -0.25) is 0 Å². The zero-order valence-electron chi connectivity index (χ0n) is 21.4. The molecular weight excluding hydrogens is 529 g/mol. The minimum Gasteiger partial charge on any atom is -0.470 e. The number of halogens is 1. The van der Waals surface area contributed by atoms with Crippen molar-refractivity contribution in [2.75, 3.05) is 18.9 Å². The number of aliphatic hydroxyl groups excluding tert-OH is 1. The van der Waals surface area contributed by atoms with Gasteiger partial charge in [0.25, 0.3) is 0 Å². The fraction of sp³-hybridized carbons (Fsp3) is 0.194. The first-order valence-electron chi connectivity index (χ1n) is 12.9. The van der Waals surface area contributed by atoms with E-state index in [2.05, 4.69) is 58.5 Å². The Bertz CT molecular complexity index is 1530. The Kier molecular flexibility index (Phi) is 7.70. The van der Waals surface area contributed by atoms with Crippen molar-refractivity contribution in [1.29, 1.82) is 0 Å². The van der Waals surface area contributed by atoms with Crippen LogP contribution in [0, 0.1) is 5.82 Å². The van der Waals surface area contributed by atoms with E-state index in [1.807, 2.05) is 12.1 Å². The van der Waals surface area contributed by atoms with Gasteiger partial charge in [0.1, 0.15) is 24.0 Å². The molecule has 2 aliphatic heterocycles. The molecule has 7 nitrogen and oxygen atoms in total. The lowest BCUT2D eigenvalue weighted by atomic mass is 10.1. The van der Waals surface area contributed by atoms with Crippen molar-refractivity contribution in [3.05, 3.63) is 103 Å². The van der Waals surface area contributed by atoms with Gasteiger partial charge in [-0.2, -0.15) is 0 Å². The Morgan fingerprint density at radius 3 is 2.20 bits per heavy atom. The Hall–Kier alpha value is -3.89. The summed E-state index contributed by atoms with van der Waals surface area (Å²) in [6.07, 6.45) is -1.67. The maximum absolute atomic E-state index is 14.5. The number of benzene rings is 3. The van der Waals surface area contributed by atoms with E-state index in [1.165, 1.54) is 15.9 Å². The van der Waals surface area contributed by atoms with Gasteiger partial charge in [0.15, 0.2) is 17.8 Å². The van der Waals surface area contributed by atoms with Gasteiger partial charge in [-0.1, -0.05) is 60.3 Å². The van der Waals surface area contributed by atoms with Crippen molar-refractivity contribution in [2.24, 2.45) is 0 Å². The molecule has 2 aliphatic rings. The molecule has 0 radical (unpaired) electrons. The number of aromatic nitrogens is 2. The molecule has 7 rings (SSSR count). The molecule has 2 aromatic heterocycles. The highest BCUT2D eigenvalue weighted by Gasteiger charge is 2.48. The average molecular weight is 558 g/mol. The summed E-state index contributed by atoms with van der Waals surface area (Å²) in [7, 11) is 0. The first-order chi connectivity index (χ1) is 19.5. The van der Waals surface area contributed by atoms with Crippen molar-refractivity contribution in [3.8, 4) is 17.1 Å². The second kappa shape index (κ2) is 11.7. The third-order valence-corrected chi connectivity index (χ3v) is 7.71. The molecule has 3 aromatic carbocycles. The zero-order valence-corrected chi connectivity index (χ0v) is 22.3. The molecule has 0 aliphatic carbocycles. The lowest BCUT2D eigenvalue weighted by molar-refractivity contribution is 0.00794. The minimum atomic E-state index is -0.635. The topological polar surface area (TPSA) is 103 Å². The number of pyridine rings is 1. The maximum Gasteiger partial charge on any atom is 0.193 e. The van der Waals surface area contributed by atoms with Crippen molar-refractivity contribution < 1.29 is 23.7 Å². The SMILES string of the molecule is Nc1ccc(-c2nc3cc(OC4COC5C(O)CO[C@H]45)[nH]c3cc2F)cc1.c1ccc(Sc2ccccc2)cc1. The van der Waals surface area contributed by atoms with Gasteiger partial charge in [-0.15, -0.1) is 0 Å². The van der Waals surface area contributed by atoms with E-state index in [4.69, 9.17) is 19.9 Å². The Labute approximate surface area is 235 Å². The summed E-state index contributed by atoms with van der Waals surface area (Å²) in [5.74, 6) is 0.0118. The van der Waals surface area contributed by atoms with Crippen LogP contribution < -0.4 is 10.5 Å². The fourth-order valence-electron chi connectivity index (χ4n) is 4.73. The summed E-state index contributed by atoms with van der Waals surface area (Å²) in [6.45, 7) is 0.555. The van der Waals surface area contributed by atoms with E-state index in [0.29, 0.717) is 34.8 Å². The number of H-pyrrole nitrogens is 1. The van der Waals surface area contributed by atoms with Gasteiger partial charge in [-0.25, -0.2) is 9.37 Å². The molecule has 0 bridgehead atoms. The van der Waals surface area contributed by atoms with E-state index in [-0.39, 0.29) is 30.6 Å². The summed E-state index contributed by atoms with van der Waals surface area (Å²) in [6, 6.07) is 30.8. The molecule has 4 heterocycles. The molecule has 9 heteroatoms. The van der Waals surface area contributed by atoms with Gasteiger partial charge in [0, 0.05) is 33.2 Å². The van der Waals surface area contributed by atoms with Gasteiger partial charge in [0.05, 0.1) is 24.2 Å². The smallest absolute Gasteiger partial charge is 0.193 e. The van der Waals surface area contributed by atoms with E-state index in [9.17, 15) is 9.50 Å². The quantitative estimate of drug-likeness (QED) is 0.239. The molecule has 0 saturated carbocycles. The second-order valence-electron chi connectivity index (χ2n) is 9.55. The fourth-order valence-corrected chi connectivity index (χ4v) is 5.59. The molecule has 4 N–H and O–H groups in total. The number of aliphatic hydroxyl groups is 1. The number of rotatable bonds is 5. The molecule has 5 aromatic rings. The predicted molar refractivity (Wildman–Crippen MR) is 153 cm³/mol. The molecule has 0 amide bonds. The number of hydrogen-bond donors (Lipinski definition) is 3. The summed E-state index contributed by atoms with van der Waals surface area (Å²) in [5.41, 5.74) is 8.31. The Morgan fingerprint density at radius 2 is 1.52 bits per heavy atom. The average Bonchev–Trinajstić information content (AvgIpc) is 3.67. The third kappa shape index (κ3) is 5.83. The van der Waals surface area contributed by atoms with Crippen LogP contribution in [0.5, 0.6) is 5.88 Å². The first kappa shape index (κ1) is 26.3. The first-order valence-corrected chi connectivity index (χ1v) is 13.8. The number of nitrogens with one attached hydrogen (secondary N) is 1. The lowest BCUT2D eigenvalue weighted by Crippen LogP contribution is -2.34. The van der Waals surface area contributed by atoms with E-state index < -0.39 is 11.9 Å². The molecule has 40 heavy (non-hydrogen) atoms. The highest BCUT2D eigenvalue weighted by Crippen LogP contribution is 2.32. The highest BCUT2D eigenvalue weighted by molar-refractivity contribution is 7.99.